The van der Waals surface area contributed by atoms with Crippen molar-refractivity contribution in [2.45, 2.75) is 32.2 Å². The molecule has 1 rings (SSSR count). The smallest absolute Gasteiger partial charge is 0.0635 e. The van der Waals surface area contributed by atoms with Crippen LogP contribution in [0.3, 0.4) is 0 Å². The quantitative estimate of drug-likeness (QED) is 0.795. The monoisotopic (exact) mass is 237 g/mol. The molecule has 0 saturated heterocycles. The van der Waals surface area contributed by atoms with E-state index in [4.69, 9.17) is 5.11 Å². The van der Waals surface area contributed by atoms with Crippen LogP contribution in [0.1, 0.15) is 31.7 Å². The van der Waals surface area contributed by atoms with E-state index in [-0.39, 0.29) is 19.3 Å². The Morgan fingerprint density at radius 3 is 2.12 bits per heavy atom. The lowest BCUT2D eigenvalue weighted by Crippen LogP contribution is -2.35. The van der Waals surface area contributed by atoms with Crippen molar-refractivity contribution in [3.8, 4) is 0 Å². The maximum Gasteiger partial charge on any atom is 0.0635 e. The highest BCUT2D eigenvalue weighted by atomic mass is 16.3. The van der Waals surface area contributed by atoms with Gasteiger partial charge in [0.05, 0.1) is 12.6 Å². The third kappa shape index (κ3) is 3.72. The number of hydrogen-bond donors (Lipinski definition) is 2. The Kier molecular flexibility index (Phi) is 5.45. The van der Waals surface area contributed by atoms with Gasteiger partial charge in [0.2, 0.25) is 0 Å². The first-order chi connectivity index (χ1) is 8.10. The SMILES string of the molecule is CC(C)c1ccc(N(C)C(CO)CCO)cc1. The largest absolute Gasteiger partial charge is 0.396 e. The van der Waals surface area contributed by atoms with Crippen LogP contribution in [0.25, 0.3) is 0 Å². The molecule has 0 aliphatic heterocycles. The summed E-state index contributed by atoms with van der Waals surface area (Å²) in [6.45, 7) is 4.49. The summed E-state index contributed by atoms with van der Waals surface area (Å²) in [6, 6.07) is 8.34. The van der Waals surface area contributed by atoms with Gasteiger partial charge in [0.1, 0.15) is 0 Å². The third-order valence-corrected chi connectivity index (χ3v) is 3.19. The molecule has 1 aromatic carbocycles. The predicted octanol–water partition coefficient (Wildman–Crippen LogP) is 1.99. The number of rotatable bonds is 6. The van der Waals surface area contributed by atoms with E-state index in [0.29, 0.717) is 12.3 Å². The van der Waals surface area contributed by atoms with Gasteiger partial charge in [-0.15, -0.1) is 0 Å². The van der Waals surface area contributed by atoms with Gasteiger partial charge in [-0.2, -0.15) is 0 Å². The molecule has 0 amide bonds. The Labute approximate surface area is 104 Å². The summed E-state index contributed by atoms with van der Waals surface area (Å²) in [5, 5.41) is 18.2. The first kappa shape index (κ1) is 14.0. The second kappa shape index (κ2) is 6.62. The van der Waals surface area contributed by atoms with Crippen LogP contribution in [-0.4, -0.2) is 36.5 Å². The van der Waals surface area contributed by atoms with Gasteiger partial charge in [-0.3, -0.25) is 0 Å². The maximum atomic E-state index is 9.28. The molecule has 0 fully saturated rings. The molecule has 1 atom stereocenters. The number of nitrogens with zero attached hydrogens (tertiary/aromatic N) is 1. The van der Waals surface area contributed by atoms with E-state index < -0.39 is 0 Å². The summed E-state index contributed by atoms with van der Waals surface area (Å²) >= 11 is 0. The van der Waals surface area contributed by atoms with Gasteiger partial charge in [-0.25, -0.2) is 0 Å². The van der Waals surface area contributed by atoms with E-state index in [1.807, 2.05) is 11.9 Å². The van der Waals surface area contributed by atoms with Gasteiger partial charge in [-0.05, 0) is 30.0 Å². The molecule has 0 bridgehead atoms. The molecule has 1 unspecified atom stereocenters. The van der Waals surface area contributed by atoms with Crippen molar-refractivity contribution in [1.29, 1.82) is 0 Å². The lowest BCUT2D eigenvalue weighted by Gasteiger charge is -2.28. The van der Waals surface area contributed by atoms with Crippen LogP contribution < -0.4 is 4.90 Å². The van der Waals surface area contributed by atoms with Crippen LogP contribution in [0.15, 0.2) is 24.3 Å². The zero-order valence-corrected chi connectivity index (χ0v) is 10.9. The molecule has 0 aliphatic carbocycles. The van der Waals surface area contributed by atoms with Crippen molar-refractivity contribution in [3.05, 3.63) is 29.8 Å². The van der Waals surface area contributed by atoms with Gasteiger partial charge in [0.25, 0.3) is 0 Å². The van der Waals surface area contributed by atoms with Crippen molar-refractivity contribution >= 4 is 5.69 Å². The van der Waals surface area contributed by atoms with E-state index in [2.05, 4.69) is 38.1 Å². The molecular weight excluding hydrogens is 214 g/mol. The predicted molar refractivity (Wildman–Crippen MR) is 71.5 cm³/mol. The molecule has 0 radical (unpaired) electrons. The molecule has 0 aromatic heterocycles. The summed E-state index contributed by atoms with van der Waals surface area (Å²) in [7, 11) is 1.95. The van der Waals surface area contributed by atoms with Gasteiger partial charge >= 0.3 is 0 Å². The second-order valence-electron chi connectivity index (χ2n) is 4.71. The minimum atomic E-state index is -0.0232. The van der Waals surface area contributed by atoms with Crippen molar-refractivity contribution < 1.29 is 10.2 Å². The molecule has 0 aliphatic rings. The Morgan fingerprint density at radius 2 is 1.71 bits per heavy atom. The molecule has 0 heterocycles. The number of anilines is 1. The fourth-order valence-corrected chi connectivity index (χ4v) is 1.86. The molecule has 0 spiro atoms. The van der Waals surface area contributed by atoms with E-state index in [9.17, 15) is 5.11 Å². The summed E-state index contributed by atoms with van der Waals surface area (Å²) in [5.74, 6) is 0.528. The highest BCUT2D eigenvalue weighted by molar-refractivity contribution is 5.48. The fourth-order valence-electron chi connectivity index (χ4n) is 1.86. The zero-order chi connectivity index (χ0) is 12.8. The Hall–Kier alpha value is -1.06. The Bertz CT molecular complexity index is 321. The topological polar surface area (TPSA) is 43.7 Å². The average molecular weight is 237 g/mol. The molecule has 3 heteroatoms. The van der Waals surface area contributed by atoms with Gasteiger partial charge in [-0.1, -0.05) is 26.0 Å². The van der Waals surface area contributed by atoms with E-state index >= 15 is 0 Å². The lowest BCUT2D eigenvalue weighted by atomic mass is 10.0. The van der Waals surface area contributed by atoms with Crippen molar-refractivity contribution in [2.75, 3.05) is 25.2 Å². The van der Waals surface area contributed by atoms with Crippen LogP contribution >= 0.6 is 0 Å². The molecule has 17 heavy (non-hydrogen) atoms. The maximum absolute atomic E-state index is 9.28. The minimum Gasteiger partial charge on any atom is -0.396 e. The summed E-state index contributed by atoms with van der Waals surface area (Å²) < 4.78 is 0. The molecule has 1 aromatic rings. The van der Waals surface area contributed by atoms with Crippen LogP contribution in [0.4, 0.5) is 5.69 Å². The van der Waals surface area contributed by atoms with Crippen molar-refractivity contribution in [1.82, 2.24) is 0 Å². The number of aliphatic hydroxyl groups excluding tert-OH is 2. The Morgan fingerprint density at radius 1 is 1.12 bits per heavy atom. The summed E-state index contributed by atoms with van der Waals surface area (Å²) in [4.78, 5) is 2.01. The molecule has 0 saturated carbocycles. The normalized spacial score (nSPS) is 12.8. The number of benzene rings is 1. The lowest BCUT2D eigenvalue weighted by molar-refractivity contribution is 0.218. The third-order valence-electron chi connectivity index (χ3n) is 3.19. The number of likely N-dealkylation sites (N-methyl/N-ethyl adjacent to an activating group) is 1. The van der Waals surface area contributed by atoms with E-state index in [1.54, 1.807) is 0 Å². The van der Waals surface area contributed by atoms with Gasteiger partial charge in [0, 0.05) is 19.3 Å². The fraction of sp³-hybridized carbons (Fsp3) is 0.571. The van der Waals surface area contributed by atoms with Gasteiger partial charge < -0.3 is 15.1 Å². The van der Waals surface area contributed by atoms with Crippen molar-refractivity contribution in [3.63, 3.8) is 0 Å². The van der Waals surface area contributed by atoms with Crippen LogP contribution in [0.2, 0.25) is 0 Å². The highest BCUT2D eigenvalue weighted by Gasteiger charge is 2.13. The Balaban J connectivity index is 2.77. The zero-order valence-electron chi connectivity index (χ0n) is 10.9. The number of hydrogen-bond acceptors (Lipinski definition) is 3. The van der Waals surface area contributed by atoms with E-state index in [0.717, 1.165) is 5.69 Å². The minimum absolute atomic E-state index is 0.0232. The average Bonchev–Trinajstić information content (AvgIpc) is 2.35. The summed E-state index contributed by atoms with van der Waals surface area (Å²) in [6.07, 6.45) is 0.582. The highest BCUT2D eigenvalue weighted by Crippen LogP contribution is 2.21. The van der Waals surface area contributed by atoms with Gasteiger partial charge in [0.15, 0.2) is 0 Å². The van der Waals surface area contributed by atoms with Crippen LogP contribution in [0, 0.1) is 0 Å². The standard InChI is InChI=1S/C14H23NO2/c1-11(2)12-4-6-13(7-5-12)15(3)14(10-17)8-9-16/h4-7,11,14,16-17H,8-10H2,1-3H3. The second-order valence-corrected chi connectivity index (χ2v) is 4.71. The summed E-state index contributed by atoms with van der Waals surface area (Å²) in [5.41, 5.74) is 2.38. The molecular formula is C14H23NO2. The van der Waals surface area contributed by atoms with Crippen LogP contribution in [0.5, 0.6) is 0 Å². The molecule has 96 valence electrons. The molecule has 2 N–H and O–H groups in total. The first-order valence-electron chi connectivity index (χ1n) is 6.14. The number of aliphatic hydroxyl groups is 2. The molecule has 3 nitrogen and oxygen atoms in total. The first-order valence-corrected chi connectivity index (χ1v) is 6.14. The van der Waals surface area contributed by atoms with Crippen LogP contribution in [-0.2, 0) is 0 Å². The van der Waals surface area contributed by atoms with Crippen molar-refractivity contribution in [2.24, 2.45) is 0 Å². The van der Waals surface area contributed by atoms with E-state index in [1.165, 1.54) is 5.56 Å².